The fourth-order valence-corrected chi connectivity index (χ4v) is 5.11. The Labute approximate surface area is 226 Å². The predicted molar refractivity (Wildman–Crippen MR) is 143 cm³/mol. The fourth-order valence-electron chi connectivity index (χ4n) is 4.16. The number of thiocarbonyl (C=S) groups is 1. The molecule has 2 aromatic carbocycles. The zero-order valence-electron chi connectivity index (χ0n) is 20.1. The number of hydrogen-bond acceptors (Lipinski definition) is 6. The maximum absolute atomic E-state index is 13.0. The molecule has 1 saturated carbocycles. The van der Waals surface area contributed by atoms with E-state index in [1.165, 1.54) is 32.8 Å². The van der Waals surface area contributed by atoms with E-state index in [9.17, 15) is 9.59 Å². The molecule has 1 aliphatic rings. The highest BCUT2D eigenvalue weighted by Crippen LogP contribution is 2.34. The summed E-state index contributed by atoms with van der Waals surface area (Å²) >= 11 is 18.1. The van der Waals surface area contributed by atoms with Gasteiger partial charge >= 0.3 is 0 Å². The van der Waals surface area contributed by atoms with Crippen LogP contribution in [0, 0.1) is 0 Å². The zero-order valence-corrected chi connectivity index (χ0v) is 22.5. The number of carbonyl (C=O) groups is 2. The Hall–Kier alpha value is -2.75. The van der Waals surface area contributed by atoms with Crippen LogP contribution in [0.3, 0.4) is 0 Å². The number of benzene rings is 2. The van der Waals surface area contributed by atoms with E-state index in [1.54, 1.807) is 6.07 Å². The molecule has 0 atom stereocenters. The summed E-state index contributed by atoms with van der Waals surface area (Å²) in [6.07, 6.45) is 5.28. The van der Waals surface area contributed by atoms with Crippen LogP contribution in [0.25, 0.3) is 0 Å². The third-order valence-electron chi connectivity index (χ3n) is 5.91. The molecule has 8 nitrogen and oxygen atoms in total. The van der Waals surface area contributed by atoms with E-state index in [-0.39, 0.29) is 28.3 Å². The van der Waals surface area contributed by atoms with Gasteiger partial charge in [0, 0.05) is 18.2 Å². The van der Waals surface area contributed by atoms with Gasteiger partial charge in [0.1, 0.15) is 0 Å². The van der Waals surface area contributed by atoms with Crippen LogP contribution in [-0.2, 0) is 11.3 Å². The van der Waals surface area contributed by atoms with Crippen LogP contribution in [0.1, 0.15) is 48.0 Å². The highest BCUT2D eigenvalue weighted by atomic mass is 35.5. The number of hydrogen-bond donors (Lipinski definition) is 2. The standard InChI is InChI=1S/C25H29Cl2N3O5S/c1-33-21-10-15(8-9-20(21)35-14-22(28)31)13-30(17-6-4-3-5-7-17)25(36)29-24(32)16-11-18(26)23(34-2)19(27)12-16/h8-12,17H,3-7,13-14H2,1-2H3,(H2,28,31)(H,29,32,36). The highest BCUT2D eigenvalue weighted by molar-refractivity contribution is 7.80. The van der Waals surface area contributed by atoms with E-state index in [0.29, 0.717) is 28.9 Å². The van der Waals surface area contributed by atoms with E-state index < -0.39 is 11.8 Å². The molecule has 0 heterocycles. The van der Waals surface area contributed by atoms with Crippen LogP contribution in [-0.4, -0.2) is 48.7 Å². The van der Waals surface area contributed by atoms with Crippen LogP contribution >= 0.6 is 35.4 Å². The van der Waals surface area contributed by atoms with Gasteiger partial charge in [0.2, 0.25) is 0 Å². The molecule has 0 aromatic heterocycles. The Balaban J connectivity index is 1.81. The summed E-state index contributed by atoms with van der Waals surface area (Å²) in [4.78, 5) is 26.1. The smallest absolute Gasteiger partial charge is 0.257 e. The second kappa shape index (κ2) is 13.0. The summed E-state index contributed by atoms with van der Waals surface area (Å²) in [6, 6.07) is 8.56. The quantitative estimate of drug-likeness (QED) is 0.433. The Morgan fingerprint density at radius 1 is 1.06 bits per heavy atom. The lowest BCUT2D eigenvalue weighted by molar-refractivity contribution is -0.119. The fraction of sp³-hybridized carbons (Fsp3) is 0.400. The first kappa shape index (κ1) is 27.8. The normalized spacial score (nSPS) is 13.6. The Kier molecular flexibility index (Phi) is 10.0. The molecule has 194 valence electrons. The predicted octanol–water partition coefficient (Wildman–Crippen LogP) is 4.72. The van der Waals surface area contributed by atoms with Crippen molar-refractivity contribution in [3.05, 3.63) is 51.5 Å². The molecule has 2 aromatic rings. The lowest BCUT2D eigenvalue weighted by atomic mass is 9.94. The maximum Gasteiger partial charge on any atom is 0.257 e. The molecule has 11 heteroatoms. The van der Waals surface area contributed by atoms with Gasteiger partial charge in [-0.3, -0.25) is 14.9 Å². The van der Waals surface area contributed by atoms with Crippen LogP contribution in [0.5, 0.6) is 17.2 Å². The van der Waals surface area contributed by atoms with Crippen molar-refractivity contribution < 1.29 is 23.8 Å². The minimum absolute atomic E-state index is 0.173. The number of halogens is 2. The van der Waals surface area contributed by atoms with E-state index in [1.807, 2.05) is 17.0 Å². The number of nitrogens with two attached hydrogens (primary N) is 1. The molecular weight excluding hydrogens is 525 g/mol. The molecule has 2 amide bonds. The first-order valence-corrected chi connectivity index (χ1v) is 12.6. The third-order valence-corrected chi connectivity index (χ3v) is 6.81. The van der Waals surface area contributed by atoms with E-state index in [4.69, 9.17) is 55.4 Å². The lowest BCUT2D eigenvalue weighted by Crippen LogP contribution is -2.48. The van der Waals surface area contributed by atoms with Crippen molar-refractivity contribution in [1.82, 2.24) is 10.2 Å². The van der Waals surface area contributed by atoms with Gasteiger partial charge in [0.05, 0.1) is 24.3 Å². The third kappa shape index (κ3) is 7.15. The minimum Gasteiger partial charge on any atom is -0.494 e. The lowest BCUT2D eigenvalue weighted by Gasteiger charge is -2.36. The van der Waals surface area contributed by atoms with Gasteiger partial charge < -0.3 is 24.8 Å². The van der Waals surface area contributed by atoms with Crippen molar-refractivity contribution in [3.63, 3.8) is 0 Å². The molecule has 0 spiro atoms. The van der Waals surface area contributed by atoms with Crippen molar-refractivity contribution in [2.45, 2.75) is 44.7 Å². The van der Waals surface area contributed by atoms with Gasteiger partial charge in [0.15, 0.2) is 29.0 Å². The number of nitrogens with one attached hydrogen (secondary N) is 1. The number of methoxy groups -OCH3 is 2. The molecule has 0 unspecified atom stereocenters. The van der Waals surface area contributed by atoms with Crippen molar-refractivity contribution in [2.75, 3.05) is 20.8 Å². The number of carbonyl (C=O) groups excluding carboxylic acids is 2. The summed E-state index contributed by atoms with van der Waals surface area (Å²) in [5.41, 5.74) is 6.35. The number of amides is 2. The van der Waals surface area contributed by atoms with Gasteiger partial charge in [-0.2, -0.15) is 0 Å². The summed E-state index contributed by atoms with van der Waals surface area (Å²) in [5, 5.41) is 3.60. The maximum atomic E-state index is 13.0. The first-order chi connectivity index (χ1) is 17.2. The van der Waals surface area contributed by atoms with Crippen LogP contribution in [0.2, 0.25) is 10.0 Å². The molecule has 3 N–H and O–H groups in total. The molecule has 0 bridgehead atoms. The Bertz CT molecular complexity index is 1100. The van der Waals surface area contributed by atoms with Crippen molar-refractivity contribution in [2.24, 2.45) is 5.73 Å². The first-order valence-electron chi connectivity index (χ1n) is 11.5. The van der Waals surface area contributed by atoms with E-state index in [0.717, 1.165) is 31.2 Å². The van der Waals surface area contributed by atoms with Gasteiger partial charge in [0.25, 0.3) is 11.8 Å². The molecule has 0 radical (unpaired) electrons. The van der Waals surface area contributed by atoms with Crippen molar-refractivity contribution in [3.8, 4) is 17.2 Å². The molecule has 0 saturated heterocycles. The minimum atomic E-state index is -0.579. The summed E-state index contributed by atoms with van der Waals surface area (Å²) < 4.78 is 16.0. The Morgan fingerprint density at radius 2 is 1.72 bits per heavy atom. The van der Waals surface area contributed by atoms with Crippen LogP contribution < -0.4 is 25.3 Å². The molecule has 0 aliphatic heterocycles. The summed E-state index contributed by atoms with van der Waals surface area (Å²) in [5.74, 6) is 0.187. The number of nitrogens with zero attached hydrogens (tertiary/aromatic N) is 1. The second-order valence-electron chi connectivity index (χ2n) is 8.39. The number of rotatable bonds is 9. The van der Waals surface area contributed by atoms with Crippen LogP contribution in [0.4, 0.5) is 0 Å². The van der Waals surface area contributed by atoms with Gasteiger partial charge in [-0.15, -0.1) is 0 Å². The molecule has 1 aliphatic carbocycles. The number of primary amides is 1. The van der Waals surface area contributed by atoms with E-state index >= 15 is 0 Å². The van der Waals surface area contributed by atoms with Gasteiger partial charge in [-0.1, -0.05) is 48.5 Å². The van der Waals surface area contributed by atoms with Crippen LogP contribution in [0.15, 0.2) is 30.3 Å². The molecule has 1 fully saturated rings. The van der Waals surface area contributed by atoms with Gasteiger partial charge in [-0.25, -0.2) is 0 Å². The Morgan fingerprint density at radius 3 is 2.31 bits per heavy atom. The summed E-state index contributed by atoms with van der Waals surface area (Å²) in [7, 11) is 2.97. The second-order valence-corrected chi connectivity index (χ2v) is 9.59. The van der Waals surface area contributed by atoms with E-state index in [2.05, 4.69) is 5.32 Å². The zero-order chi connectivity index (χ0) is 26.2. The van der Waals surface area contributed by atoms with Crippen molar-refractivity contribution in [1.29, 1.82) is 0 Å². The SMILES string of the molecule is COc1cc(CN(C(=S)NC(=O)c2cc(Cl)c(OC)c(Cl)c2)C2CCCCC2)ccc1OCC(N)=O. The average Bonchev–Trinajstić information content (AvgIpc) is 2.86. The highest BCUT2D eigenvalue weighted by Gasteiger charge is 2.26. The largest absolute Gasteiger partial charge is 0.494 e. The molecular formula is C25H29Cl2N3O5S. The molecule has 3 rings (SSSR count). The number of ether oxygens (including phenoxy) is 3. The molecule has 36 heavy (non-hydrogen) atoms. The average molecular weight is 554 g/mol. The summed E-state index contributed by atoms with van der Waals surface area (Å²) in [6.45, 7) is 0.194. The monoisotopic (exact) mass is 553 g/mol. The van der Waals surface area contributed by atoms with Crippen molar-refractivity contribution >= 4 is 52.3 Å². The topological polar surface area (TPSA) is 103 Å². The van der Waals surface area contributed by atoms with Gasteiger partial charge in [-0.05, 0) is 54.9 Å².